The average Bonchev–Trinajstić information content (AvgIpc) is 2.99. The first-order valence-corrected chi connectivity index (χ1v) is 12.1. The van der Waals surface area contributed by atoms with Crippen LogP contribution in [0.5, 0.6) is 0 Å². The molecule has 1 aromatic carbocycles. The van der Waals surface area contributed by atoms with Crippen molar-refractivity contribution in [3.63, 3.8) is 0 Å². The number of imide groups is 1. The van der Waals surface area contributed by atoms with Crippen molar-refractivity contribution in [2.75, 3.05) is 39.4 Å². The number of carbonyl (C=O) groups excluding carboxylic acids is 2. The molecule has 0 aromatic heterocycles. The zero-order valence-corrected chi connectivity index (χ0v) is 19.8. The average molecular weight is 439 g/mol. The highest BCUT2D eigenvalue weighted by Gasteiger charge is 2.53. The summed E-state index contributed by atoms with van der Waals surface area (Å²) in [4.78, 5) is 32.1. The zero-order valence-electron chi connectivity index (χ0n) is 19.8. The minimum absolute atomic E-state index is 0.0110. The smallest absolute Gasteiger partial charge is 0.323 e. The van der Waals surface area contributed by atoms with Crippen LogP contribution in [0.2, 0.25) is 0 Å². The molecule has 174 valence electrons. The number of urea groups is 1. The fraction of sp³-hybridized carbons (Fsp3) is 0.615. The van der Waals surface area contributed by atoms with E-state index in [1.54, 1.807) is 0 Å². The lowest BCUT2D eigenvalue weighted by Crippen LogP contribution is -2.53. The third-order valence-electron chi connectivity index (χ3n) is 7.59. The van der Waals surface area contributed by atoms with Crippen LogP contribution in [0.25, 0.3) is 6.08 Å². The van der Waals surface area contributed by atoms with Gasteiger partial charge in [0.1, 0.15) is 5.54 Å². The largest absolute Gasteiger partial charge is 0.326 e. The Morgan fingerprint density at radius 3 is 2.25 bits per heavy atom. The maximum absolute atomic E-state index is 13.3. The molecule has 3 amide bonds. The fourth-order valence-electron chi connectivity index (χ4n) is 5.34. The summed E-state index contributed by atoms with van der Waals surface area (Å²) in [6, 6.07) is 10.1. The maximum Gasteiger partial charge on any atom is 0.326 e. The SMILES string of the molecule is CC(C)(C)C1CCC2(CC1)NC(=O)N(CN1CCN(C/C=C/c3ccccc3)CC1)C2=O. The molecule has 1 saturated carbocycles. The van der Waals surface area contributed by atoms with Gasteiger partial charge in [0.05, 0.1) is 6.67 Å². The molecule has 1 spiro atoms. The van der Waals surface area contributed by atoms with Crippen LogP contribution in [0.1, 0.15) is 52.0 Å². The fourth-order valence-corrected chi connectivity index (χ4v) is 5.34. The highest BCUT2D eigenvalue weighted by Crippen LogP contribution is 2.43. The summed E-state index contributed by atoms with van der Waals surface area (Å²) >= 11 is 0. The summed E-state index contributed by atoms with van der Waals surface area (Å²) < 4.78 is 0. The molecule has 3 fully saturated rings. The first kappa shape index (κ1) is 23.0. The van der Waals surface area contributed by atoms with E-state index in [4.69, 9.17) is 0 Å². The maximum atomic E-state index is 13.3. The molecular formula is C26H38N4O2. The van der Waals surface area contributed by atoms with Crippen molar-refractivity contribution in [1.82, 2.24) is 20.0 Å². The predicted molar refractivity (Wildman–Crippen MR) is 128 cm³/mol. The lowest BCUT2D eigenvalue weighted by Gasteiger charge is -2.41. The number of benzene rings is 1. The van der Waals surface area contributed by atoms with E-state index in [9.17, 15) is 9.59 Å². The monoisotopic (exact) mass is 438 g/mol. The molecule has 1 aliphatic carbocycles. The normalized spacial score (nSPS) is 28.1. The highest BCUT2D eigenvalue weighted by molar-refractivity contribution is 6.07. The minimum atomic E-state index is -0.664. The summed E-state index contributed by atoms with van der Waals surface area (Å²) in [6.07, 6.45) is 7.89. The Hall–Kier alpha value is -2.18. The second-order valence-corrected chi connectivity index (χ2v) is 10.8. The van der Waals surface area contributed by atoms with E-state index in [-0.39, 0.29) is 17.4 Å². The van der Waals surface area contributed by atoms with Crippen LogP contribution in [-0.2, 0) is 4.79 Å². The second kappa shape index (κ2) is 9.36. The van der Waals surface area contributed by atoms with Gasteiger partial charge in [-0.15, -0.1) is 0 Å². The van der Waals surface area contributed by atoms with Gasteiger partial charge in [-0.3, -0.25) is 14.6 Å². The second-order valence-electron chi connectivity index (χ2n) is 10.8. The van der Waals surface area contributed by atoms with Gasteiger partial charge in [-0.05, 0) is 42.6 Å². The van der Waals surface area contributed by atoms with E-state index in [2.05, 4.69) is 72.3 Å². The molecule has 6 heteroatoms. The van der Waals surface area contributed by atoms with Crippen LogP contribution in [-0.4, -0.2) is 71.6 Å². The Balaban J connectivity index is 1.25. The van der Waals surface area contributed by atoms with Gasteiger partial charge in [0, 0.05) is 32.7 Å². The zero-order chi connectivity index (χ0) is 22.8. The molecule has 2 heterocycles. The van der Waals surface area contributed by atoms with Crippen molar-refractivity contribution in [3.8, 4) is 0 Å². The van der Waals surface area contributed by atoms with Gasteiger partial charge in [-0.1, -0.05) is 63.3 Å². The lowest BCUT2D eigenvalue weighted by atomic mass is 9.67. The Kier molecular flexibility index (Phi) is 6.72. The topological polar surface area (TPSA) is 55.9 Å². The van der Waals surface area contributed by atoms with Crippen molar-refractivity contribution in [2.45, 2.75) is 52.0 Å². The molecular weight excluding hydrogens is 400 g/mol. The van der Waals surface area contributed by atoms with Crippen molar-refractivity contribution in [3.05, 3.63) is 42.0 Å². The number of piperazine rings is 1. The molecule has 1 N–H and O–H groups in total. The lowest BCUT2D eigenvalue weighted by molar-refractivity contribution is -0.134. The van der Waals surface area contributed by atoms with E-state index < -0.39 is 5.54 Å². The van der Waals surface area contributed by atoms with Crippen LogP contribution in [0, 0.1) is 11.3 Å². The van der Waals surface area contributed by atoms with Crippen LogP contribution in [0.15, 0.2) is 36.4 Å². The van der Waals surface area contributed by atoms with Crippen molar-refractivity contribution >= 4 is 18.0 Å². The number of carbonyl (C=O) groups is 2. The van der Waals surface area contributed by atoms with E-state index >= 15 is 0 Å². The molecule has 0 atom stereocenters. The minimum Gasteiger partial charge on any atom is -0.323 e. The highest BCUT2D eigenvalue weighted by atomic mass is 16.2. The summed E-state index contributed by atoms with van der Waals surface area (Å²) in [5.41, 5.74) is 0.807. The number of hydrogen-bond acceptors (Lipinski definition) is 4. The van der Waals surface area contributed by atoms with Gasteiger partial charge in [0.25, 0.3) is 5.91 Å². The standard InChI is InChI=1S/C26H38N4O2/c1-25(2,3)22-11-13-26(14-12-22)23(31)30(24(32)27-26)20-29-18-16-28(17-19-29)15-7-10-21-8-5-4-6-9-21/h4-10,22H,11-20H2,1-3H3,(H,27,32)/b10-7+. The van der Waals surface area contributed by atoms with Gasteiger partial charge < -0.3 is 5.32 Å². The number of amides is 3. The molecule has 0 radical (unpaired) electrons. The van der Waals surface area contributed by atoms with Crippen LogP contribution >= 0.6 is 0 Å². The molecule has 3 aliphatic rings. The van der Waals surface area contributed by atoms with E-state index in [1.807, 2.05) is 6.07 Å². The first-order chi connectivity index (χ1) is 15.3. The van der Waals surface area contributed by atoms with Crippen LogP contribution in [0.4, 0.5) is 4.79 Å². The molecule has 6 nitrogen and oxygen atoms in total. The van der Waals surface area contributed by atoms with E-state index in [0.29, 0.717) is 12.6 Å². The number of nitrogens with zero attached hydrogens (tertiary/aromatic N) is 3. The van der Waals surface area contributed by atoms with Gasteiger partial charge >= 0.3 is 6.03 Å². The predicted octanol–water partition coefficient (Wildman–Crippen LogP) is 3.80. The van der Waals surface area contributed by atoms with Gasteiger partial charge in [-0.25, -0.2) is 9.69 Å². The molecule has 1 aromatic rings. The molecule has 2 saturated heterocycles. The molecule has 0 unspecified atom stereocenters. The van der Waals surface area contributed by atoms with Crippen LogP contribution < -0.4 is 5.32 Å². The van der Waals surface area contributed by atoms with Gasteiger partial charge in [0.15, 0.2) is 0 Å². The van der Waals surface area contributed by atoms with Gasteiger partial charge in [0.2, 0.25) is 0 Å². The molecule has 32 heavy (non-hydrogen) atoms. The third kappa shape index (κ3) is 5.07. The molecule has 4 rings (SSSR count). The van der Waals surface area contributed by atoms with Crippen molar-refractivity contribution in [2.24, 2.45) is 11.3 Å². The third-order valence-corrected chi connectivity index (χ3v) is 7.59. The Labute approximate surface area is 192 Å². The Morgan fingerprint density at radius 2 is 1.62 bits per heavy atom. The molecule has 2 aliphatic heterocycles. The number of hydrogen-bond donors (Lipinski definition) is 1. The molecule has 0 bridgehead atoms. The first-order valence-electron chi connectivity index (χ1n) is 12.1. The van der Waals surface area contributed by atoms with Gasteiger partial charge in [-0.2, -0.15) is 0 Å². The summed E-state index contributed by atoms with van der Waals surface area (Å²) in [6.45, 7) is 11.8. The Morgan fingerprint density at radius 1 is 1.00 bits per heavy atom. The summed E-state index contributed by atoms with van der Waals surface area (Å²) in [5, 5.41) is 3.07. The Bertz CT molecular complexity index is 829. The quantitative estimate of drug-likeness (QED) is 0.711. The summed E-state index contributed by atoms with van der Waals surface area (Å²) in [7, 11) is 0. The van der Waals surface area contributed by atoms with E-state index in [0.717, 1.165) is 58.4 Å². The van der Waals surface area contributed by atoms with Crippen molar-refractivity contribution in [1.29, 1.82) is 0 Å². The number of nitrogens with one attached hydrogen (secondary N) is 1. The van der Waals surface area contributed by atoms with Crippen molar-refractivity contribution < 1.29 is 9.59 Å². The summed E-state index contributed by atoms with van der Waals surface area (Å²) in [5.74, 6) is 0.596. The van der Waals surface area contributed by atoms with Crippen LogP contribution in [0.3, 0.4) is 0 Å². The van der Waals surface area contributed by atoms with E-state index in [1.165, 1.54) is 10.5 Å². The number of rotatable bonds is 5.